The summed E-state index contributed by atoms with van der Waals surface area (Å²) >= 11 is 0. The van der Waals surface area contributed by atoms with Gasteiger partial charge in [0, 0.05) is 0 Å². The largest absolute Gasteiger partial charge is 4.00 e. The van der Waals surface area contributed by atoms with E-state index in [0.29, 0.717) is 0 Å². The molecule has 0 aromatic heterocycles. The topological polar surface area (TPSA) is 71.4 Å². The minimum Gasteiger partial charge on any atom is -0.680 e. The third kappa shape index (κ3) is 14.3. The van der Waals surface area contributed by atoms with Crippen molar-refractivity contribution >= 4 is 13.6 Å². The van der Waals surface area contributed by atoms with Gasteiger partial charge in [-0.05, 0) is 13.1 Å². The van der Waals surface area contributed by atoms with Crippen LogP contribution in [0.5, 0.6) is 0 Å². The van der Waals surface area contributed by atoms with Crippen LogP contribution in [0.2, 0.25) is 13.1 Å². The minimum atomic E-state index is -2.48. The molecule has 0 unspecified atom stereocenters. The van der Waals surface area contributed by atoms with Gasteiger partial charge in [-0.25, -0.2) is 12.1 Å². The Kier molecular flexibility index (Phi) is 27.8. The Hall–Kier alpha value is 0.260. The SMILES string of the molecule is C[NH-].C[NH-].C[NH-].C[Si](C)(F)[c-]1cccc1.[Zr+4]. The van der Waals surface area contributed by atoms with E-state index in [2.05, 4.69) is 0 Å². The van der Waals surface area contributed by atoms with Crippen molar-refractivity contribution in [1.82, 2.24) is 0 Å². The predicted octanol–water partition coefficient (Wildman–Crippen LogP) is 3.79. The van der Waals surface area contributed by atoms with Crippen LogP contribution in [0, 0.1) is 0 Å². The fourth-order valence-electron chi connectivity index (χ4n) is 0.770. The zero-order valence-electron chi connectivity index (χ0n) is 10.7. The van der Waals surface area contributed by atoms with Gasteiger partial charge in [-0.15, -0.1) is 5.19 Å². The quantitative estimate of drug-likeness (QED) is 0.429. The Morgan fingerprint density at radius 2 is 1.12 bits per heavy atom. The molecule has 0 heterocycles. The molecule has 0 aliphatic heterocycles. The Balaban J connectivity index is -0.0000000900. The van der Waals surface area contributed by atoms with Crippen LogP contribution in [0.15, 0.2) is 24.3 Å². The summed E-state index contributed by atoms with van der Waals surface area (Å²) in [5.74, 6) is 0. The van der Waals surface area contributed by atoms with Crippen molar-refractivity contribution in [3.8, 4) is 0 Å². The molecule has 0 aliphatic carbocycles. The van der Waals surface area contributed by atoms with Crippen molar-refractivity contribution in [3.63, 3.8) is 0 Å². The normalized spacial score (nSPS) is 7.81. The van der Waals surface area contributed by atoms with Gasteiger partial charge >= 0.3 is 26.2 Å². The zero-order valence-corrected chi connectivity index (χ0v) is 14.1. The average molecular weight is 323 g/mol. The van der Waals surface area contributed by atoms with E-state index in [0.717, 1.165) is 5.19 Å². The van der Waals surface area contributed by atoms with Crippen LogP contribution in [0.1, 0.15) is 0 Å². The van der Waals surface area contributed by atoms with Gasteiger partial charge in [-0.2, -0.15) is 33.3 Å². The number of hydrogen-bond donors (Lipinski definition) is 0. The second-order valence-electron chi connectivity index (χ2n) is 2.65. The van der Waals surface area contributed by atoms with Crippen LogP contribution in [0.3, 0.4) is 0 Å². The standard InChI is InChI=1S/C7H10FSi.3CH4N.Zr/c1-9(2,8)7-5-3-4-6-7;3*1-2;/h3-6H,1-2H3;3*2H,1H3;/q4*-1;+4. The molecule has 1 aromatic carbocycles. The third-order valence-electron chi connectivity index (χ3n) is 1.35. The molecule has 0 aliphatic rings. The number of halogens is 1. The van der Waals surface area contributed by atoms with Crippen molar-refractivity contribution in [2.24, 2.45) is 0 Å². The molecule has 0 fully saturated rings. The van der Waals surface area contributed by atoms with E-state index < -0.39 is 8.41 Å². The molecule has 0 atom stereocenters. The molecule has 1 rings (SSSR count). The number of hydrogen-bond acceptors (Lipinski definition) is 0. The third-order valence-corrected chi connectivity index (χ3v) is 3.06. The predicted molar refractivity (Wildman–Crippen MR) is 71.0 cm³/mol. The van der Waals surface area contributed by atoms with E-state index in [1.54, 1.807) is 13.1 Å². The summed E-state index contributed by atoms with van der Waals surface area (Å²) in [5.41, 5.74) is 17.2. The fraction of sp³-hybridized carbons (Fsp3) is 0.500. The van der Waals surface area contributed by atoms with Crippen LogP contribution >= 0.6 is 0 Å². The maximum Gasteiger partial charge on any atom is 4.00 e. The molecule has 0 radical (unpaired) electrons. The van der Waals surface area contributed by atoms with Crippen molar-refractivity contribution in [2.75, 3.05) is 21.1 Å². The number of nitrogens with one attached hydrogen (secondary N) is 3. The van der Waals surface area contributed by atoms with E-state index in [-0.39, 0.29) is 26.2 Å². The first-order valence-electron chi connectivity index (χ1n) is 4.52. The van der Waals surface area contributed by atoms with Crippen LogP contribution in [0.25, 0.3) is 17.2 Å². The van der Waals surface area contributed by atoms with Gasteiger partial charge in [-0.3, -0.25) is 0 Å². The number of rotatable bonds is 1. The summed E-state index contributed by atoms with van der Waals surface area (Å²) in [5, 5.41) is 0.891. The van der Waals surface area contributed by atoms with E-state index >= 15 is 0 Å². The molecule has 92 valence electrons. The maximum absolute atomic E-state index is 13.1. The van der Waals surface area contributed by atoms with Crippen molar-refractivity contribution in [3.05, 3.63) is 41.5 Å². The van der Waals surface area contributed by atoms with Gasteiger partial charge in [0.05, 0.1) is 0 Å². The minimum absolute atomic E-state index is 0. The molecule has 3 N–H and O–H groups in total. The summed E-state index contributed by atoms with van der Waals surface area (Å²) in [6.07, 6.45) is 0. The first-order valence-corrected chi connectivity index (χ1v) is 7.39. The van der Waals surface area contributed by atoms with E-state index in [4.69, 9.17) is 17.2 Å². The molecule has 6 heteroatoms. The van der Waals surface area contributed by atoms with Gasteiger partial charge in [0.25, 0.3) is 0 Å². The molecule has 3 nitrogen and oxygen atoms in total. The summed E-state index contributed by atoms with van der Waals surface area (Å²) < 4.78 is 13.1. The van der Waals surface area contributed by atoms with Gasteiger partial charge < -0.3 is 21.3 Å². The summed E-state index contributed by atoms with van der Waals surface area (Å²) in [4.78, 5) is 0. The molecule has 16 heavy (non-hydrogen) atoms. The molecular weight excluding hydrogens is 300 g/mol. The fourth-order valence-corrected chi connectivity index (χ4v) is 1.76. The van der Waals surface area contributed by atoms with E-state index in [9.17, 15) is 4.11 Å². The van der Waals surface area contributed by atoms with Crippen LogP contribution < -0.4 is 5.19 Å². The second-order valence-corrected chi connectivity index (χ2v) is 6.17. The summed E-state index contributed by atoms with van der Waals surface area (Å²) in [6.45, 7) is 3.39. The molecule has 0 amide bonds. The summed E-state index contributed by atoms with van der Waals surface area (Å²) in [7, 11) is 1.27. The Bertz CT molecular complexity index is 188. The van der Waals surface area contributed by atoms with Gasteiger partial charge in [0.1, 0.15) is 0 Å². The van der Waals surface area contributed by atoms with Gasteiger partial charge in [0.15, 0.2) is 0 Å². The second kappa shape index (κ2) is 17.6. The van der Waals surface area contributed by atoms with Gasteiger partial charge in [0.2, 0.25) is 8.41 Å². The van der Waals surface area contributed by atoms with E-state index in [1.165, 1.54) is 21.1 Å². The first-order chi connectivity index (χ1) is 7.11. The van der Waals surface area contributed by atoms with Crippen molar-refractivity contribution < 1.29 is 30.3 Å². The monoisotopic (exact) mass is 321 g/mol. The van der Waals surface area contributed by atoms with Gasteiger partial charge in [-0.1, -0.05) is 0 Å². The molecule has 0 saturated heterocycles. The van der Waals surface area contributed by atoms with Crippen molar-refractivity contribution in [2.45, 2.75) is 13.1 Å². The van der Waals surface area contributed by atoms with E-state index in [1.807, 2.05) is 24.3 Å². The Morgan fingerprint density at radius 3 is 1.25 bits per heavy atom. The Morgan fingerprint density at radius 1 is 0.875 bits per heavy atom. The molecule has 0 spiro atoms. The molecule has 0 saturated carbocycles. The Labute approximate surface area is 119 Å². The molecule has 1 aromatic rings. The smallest absolute Gasteiger partial charge is 0.680 e. The zero-order chi connectivity index (χ0) is 12.9. The molecule has 0 bridgehead atoms. The van der Waals surface area contributed by atoms with Crippen LogP contribution in [-0.2, 0) is 26.2 Å². The van der Waals surface area contributed by atoms with Crippen LogP contribution in [0.4, 0.5) is 4.11 Å². The van der Waals surface area contributed by atoms with Crippen molar-refractivity contribution in [1.29, 1.82) is 0 Å². The maximum atomic E-state index is 13.1. The van der Waals surface area contributed by atoms with Crippen LogP contribution in [-0.4, -0.2) is 29.6 Å². The first kappa shape index (κ1) is 25.2. The molecular formula is C10H22FN3SiZr. The summed E-state index contributed by atoms with van der Waals surface area (Å²) in [6, 6.07) is 7.46. The average Bonchev–Trinajstić information content (AvgIpc) is 2.79.